The maximum atomic E-state index is 10.7. The number of esters is 1. The van der Waals surface area contributed by atoms with E-state index in [1.54, 1.807) is 24.4 Å². The Bertz CT molecular complexity index is 225. The van der Waals surface area contributed by atoms with Gasteiger partial charge in [0.1, 0.15) is 5.69 Å². The zero-order valence-corrected chi connectivity index (χ0v) is 8.57. The third kappa shape index (κ3) is 3.01. The molecule has 0 aliphatic carbocycles. The molecule has 1 radical (unpaired) electrons. The zero-order valence-electron chi connectivity index (χ0n) is 6.57. The van der Waals surface area contributed by atoms with Crippen LogP contribution in [0.2, 0.25) is 0 Å². The molecular weight excluding hydrogens is 153 g/mol. The van der Waals surface area contributed by atoms with Crippen molar-refractivity contribution in [1.29, 1.82) is 0 Å². The minimum Gasteiger partial charge on any atom is -0.464 e. The Morgan fingerprint density at radius 1 is 1.55 bits per heavy atom. The molecule has 4 heteroatoms. The summed E-state index contributed by atoms with van der Waals surface area (Å²) in [5.41, 5.74) is 0.338. The number of aromatic nitrogens is 1. The summed E-state index contributed by atoms with van der Waals surface area (Å²) in [5.74, 6) is -0.402. The zero-order chi connectivity index (χ0) is 7.40. The van der Waals surface area contributed by atoms with Gasteiger partial charge in [-0.15, -0.1) is 0 Å². The average Bonchev–Trinajstić information content (AvgIpc) is 2.05. The molecule has 3 nitrogen and oxygen atoms in total. The number of rotatable bonds is 1. The molecule has 0 bridgehead atoms. The second kappa shape index (κ2) is 5.29. The number of carbonyl (C=O) groups is 1. The number of nitrogens with zero attached hydrogens (tertiary/aromatic N) is 1. The molecule has 0 fully saturated rings. The monoisotopic (exact) mass is 160 g/mol. The van der Waals surface area contributed by atoms with E-state index in [0.29, 0.717) is 5.69 Å². The number of carbonyl (C=O) groups excluding carboxylic acids is 1. The Kier molecular flexibility index (Phi) is 5.11. The quantitative estimate of drug-likeness (QED) is 0.443. The predicted octanol–water partition coefficient (Wildman–Crippen LogP) is 0.487. The molecule has 53 valence electrons. The van der Waals surface area contributed by atoms with Crippen LogP contribution in [0.25, 0.3) is 0 Å². The van der Waals surface area contributed by atoms with Crippen LogP contribution in [0.15, 0.2) is 24.4 Å². The SMILES string of the molecule is COC(=O)c1ccccn1.[Na]. The molecule has 0 amide bonds. The summed E-state index contributed by atoms with van der Waals surface area (Å²) in [6.07, 6.45) is 1.55. The van der Waals surface area contributed by atoms with Crippen LogP contribution in [-0.2, 0) is 4.74 Å². The van der Waals surface area contributed by atoms with Crippen LogP contribution in [-0.4, -0.2) is 47.6 Å². The van der Waals surface area contributed by atoms with E-state index in [1.807, 2.05) is 0 Å². The van der Waals surface area contributed by atoms with Gasteiger partial charge in [-0.1, -0.05) is 6.07 Å². The largest absolute Gasteiger partial charge is 0.464 e. The molecule has 0 N–H and O–H groups in total. The van der Waals surface area contributed by atoms with E-state index in [4.69, 9.17) is 0 Å². The van der Waals surface area contributed by atoms with Crippen LogP contribution in [0.1, 0.15) is 10.5 Å². The Labute approximate surface area is 87.1 Å². The van der Waals surface area contributed by atoms with Crippen molar-refractivity contribution in [2.75, 3.05) is 7.11 Å². The van der Waals surface area contributed by atoms with Crippen LogP contribution >= 0.6 is 0 Å². The second-order valence-electron chi connectivity index (χ2n) is 1.71. The fourth-order valence-electron chi connectivity index (χ4n) is 0.588. The van der Waals surface area contributed by atoms with E-state index in [1.165, 1.54) is 7.11 Å². The van der Waals surface area contributed by atoms with Crippen molar-refractivity contribution in [1.82, 2.24) is 4.98 Å². The summed E-state index contributed by atoms with van der Waals surface area (Å²) < 4.78 is 4.43. The molecule has 0 spiro atoms. The summed E-state index contributed by atoms with van der Waals surface area (Å²) in [6, 6.07) is 5.08. The summed E-state index contributed by atoms with van der Waals surface area (Å²) >= 11 is 0. The topological polar surface area (TPSA) is 39.2 Å². The van der Waals surface area contributed by atoms with Crippen LogP contribution in [0, 0.1) is 0 Å². The normalized spacial score (nSPS) is 8.09. The van der Waals surface area contributed by atoms with Gasteiger partial charge in [0.2, 0.25) is 0 Å². The van der Waals surface area contributed by atoms with Crippen molar-refractivity contribution in [3.8, 4) is 0 Å². The number of ether oxygens (including phenoxy) is 1. The summed E-state index contributed by atoms with van der Waals surface area (Å²) in [4.78, 5) is 14.5. The number of hydrogen-bond acceptors (Lipinski definition) is 3. The van der Waals surface area contributed by atoms with Crippen molar-refractivity contribution in [2.45, 2.75) is 0 Å². The first-order valence-corrected chi connectivity index (χ1v) is 2.84. The van der Waals surface area contributed by atoms with Gasteiger partial charge in [-0.2, -0.15) is 0 Å². The fourth-order valence-corrected chi connectivity index (χ4v) is 0.588. The van der Waals surface area contributed by atoms with Crippen LogP contribution < -0.4 is 0 Å². The Morgan fingerprint density at radius 3 is 2.73 bits per heavy atom. The minimum atomic E-state index is -0.402. The predicted molar refractivity (Wildman–Crippen MR) is 41.3 cm³/mol. The molecular formula is C7H7NNaO2. The Balaban J connectivity index is 0.000001000. The molecule has 1 aromatic rings. The van der Waals surface area contributed by atoms with Crippen molar-refractivity contribution in [3.63, 3.8) is 0 Å². The van der Waals surface area contributed by atoms with E-state index < -0.39 is 5.97 Å². The van der Waals surface area contributed by atoms with Gasteiger partial charge in [-0.25, -0.2) is 9.78 Å². The first kappa shape index (κ1) is 10.6. The molecule has 0 saturated carbocycles. The smallest absolute Gasteiger partial charge is 0.356 e. The van der Waals surface area contributed by atoms with Crippen LogP contribution in [0.5, 0.6) is 0 Å². The molecule has 11 heavy (non-hydrogen) atoms. The van der Waals surface area contributed by atoms with Gasteiger partial charge < -0.3 is 4.74 Å². The molecule has 0 aromatic carbocycles. The molecule has 1 aromatic heterocycles. The molecule has 0 saturated heterocycles. The van der Waals surface area contributed by atoms with E-state index in [0.717, 1.165) is 0 Å². The van der Waals surface area contributed by atoms with Crippen LogP contribution in [0.3, 0.4) is 0 Å². The Hall–Kier alpha value is -0.380. The number of methoxy groups -OCH3 is 1. The van der Waals surface area contributed by atoms with Gasteiger partial charge in [0, 0.05) is 35.8 Å². The first-order valence-electron chi connectivity index (χ1n) is 2.84. The minimum absolute atomic E-state index is 0. The van der Waals surface area contributed by atoms with E-state index in [2.05, 4.69) is 9.72 Å². The molecule has 1 rings (SSSR count). The summed E-state index contributed by atoms with van der Waals surface area (Å²) in [6.45, 7) is 0. The van der Waals surface area contributed by atoms with Crippen molar-refractivity contribution in [3.05, 3.63) is 30.1 Å². The van der Waals surface area contributed by atoms with Crippen molar-refractivity contribution < 1.29 is 9.53 Å². The number of hydrogen-bond donors (Lipinski definition) is 0. The molecule has 0 aliphatic rings. The van der Waals surface area contributed by atoms with E-state index in [9.17, 15) is 4.79 Å². The third-order valence-corrected chi connectivity index (χ3v) is 1.06. The molecule has 0 aliphatic heterocycles. The molecule has 0 atom stereocenters. The second-order valence-corrected chi connectivity index (χ2v) is 1.71. The van der Waals surface area contributed by atoms with Crippen molar-refractivity contribution in [2.24, 2.45) is 0 Å². The maximum absolute atomic E-state index is 10.7. The van der Waals surface area contributed by atoms with Gasteiger partial charge in [0.25, 0.3) is 0 Å². The van der Waals surface area contributed by atoms with Crippen molar-refractivity contribution >= 4 is 35.5 Å². The van der Waals surface area contributed by atoms with E-state index >= 15 is 0 Å². The van der Waals surface area contributed by atoms with Gasteiger partial charge in [0.05, 0.1) is 7.11 Å². The molecule has 0 unspecified atom stereocenters. The number of pyridine rings is 1. The Morgan fingerprint density at radius 2 is 2.27 bits per heavy atom. The molecule has 1 heterocycles. The summed E-state index contributed by atoms with van der Waals surface area (Å²) in [7, 11) is 1.33. The average molecular weight is 160 g/mol. The first-order chi connectivity index (χ1) is 4.84. The summed E-state index contributed by atoms with van der Waals surface area (Å²) in [5, 5.41) is 0. The maximum Gasteiger partial charge on any atom is 0.356 e. The third-order valence-electron chi connectivity index (χ3n) is 1.06. The fraction of sp³-hybridized carbons (Fsp3) is 0.143. The van der Waals surface area contributed by atoms with Gasteiger partial charge in [-0.05, 0) is 12.1 Å². The van der Waals surface area contributed by atoms with Gasteiger partial charge in [0.15, 0.2) is 0 Å². The van der Waals surface area contributed by atoms with E-state index in [-0.39, 0.29) is 29.6 Å². The van der Waals surface area contributed by atoms with Crippen LogP contribution in [0.4, 0.5) is 0 Å². The van der Waals surface area contributed by atoms with Gasteiger partial charge >= 0.3 is 5.97 Å². The standard InChI is InChI=1S/C7H7NO2.Na/c1-10-7(9)6-4-2-3-5-8-6;/h2-5H,1H3;. The van der Waals surface area contributed by atoms with Gasteiger partial charge in [-0.3, -0.25) is 0 Å².